The molecule has 0 aromatic heterocycles. The van der Waals surface area contributed by atoms with Gasteiger partial charge in [0.2, 0.25) is 0 Å². The molecule has 2 atom stereocenters. The molecule has 2 unspecified atom stereocenters. The molecule has 0 aromatic rings. The van der Waals surface area contributed by atoms with E-state index in [1.165, 1.54) is 30.4 Å². The van der Waals surface area contributed by atoms with Crippen molar-refractivity contribution in [3.05, 3.63) is 0 Å². The van der Waals surface area contributed by atoms with E-state index in [2.05, 4.69) is 27.9 Å². The molecule has 0 N–H and O–H groups in total. The molecular weight excluding hydrogens is 134 g/mol. The van der Waals surface area contributed by atoms with Crippen LogP contribution in [0.15, 0.2) is 0 Å². The molecule has 0 aliphatic carbocycles. The predicted molar refractivity (Wildman–Crippen MR) is 49.4 cm³/mol. The van der Waals surface area contributed by atoms with Crippen LogP contribution in [0.4, 0.5) is 0 Å². The van der Waals surface area contributed by atoms with Crippen LogP contribution in [0.25, 0.3) is 0 Å². The maximum Gasteiger partial charge on any atom is 0.0811 e. The van der Waals surface area contributed by atoms with Crippen molar-refractivity contribution < 1.29 is 4.48 Å². The van der Waals surface area contributed by atoms with E-state index in [0.717, 1.165) is 11.8 Å². The van der Waals surface area contributed by atoms with Crippen LogP contribution in [0, 0.1) is 11.8 Å². The number of quaternary nitrogens is 1. The van der Waals surface area contributed by atoms with Crippen molar-refractivity contribution in [2.45, 2.75) is 26.7 Å². The van der Waals surface area contributed by atoms with Crippen LogP contribution in [0.2, 0.25) is 0 Å². The van der Waals surface area contributed by atoms with E-state index in [1.54, 1.807) is 0 Å². The molecule has 0 aromatic carbocycles. The monoisotopic (exact) mass is 156 g/mol. The van der Waals surface area contributed by atoms with Crippen molar-refractivity contribution in [1.29, 1.82) is 0 Å². The Kier molecular flexibility index (Phi) is 2.58. The summed E-state index contributed by atoms with van der Waals surface area (Å²) in [5.74, 6) is 1.91. The average molecular weight is 156 g/mol. The molecule has 0 saturated carbocycles. The van der Waals surface area contributed by atoms with E-state index in [9.17, 15) is 0 Å². The Labute approximate surface area is 71.0 Å². The fourth-order valence-corrected chi connectivity index (χ4v) is 2.63. The molecule has 0 radical (unpaired) electrons. The Morgan fingerprint density at radius 1 is 1.27 bits per heavy atom. The smallest absolute Gasteiger partial charge is 0.0811 e. The minimum atomic E-state index is 0.934. The molecule has 1 aliphatic rings. The highest BCUT2D eigenvalue weighted by molar-refractivity contribution is 4.66. The maximum atomic E-state index is 2.39. The van der Waals surface area contributed by atoms with Crippen molar-refractivity contribution in [2.24, 2.45) is 11.8 Å². The van der Waals surface area contributed by atoms with E-state index < -0.39 is 0 Å². The second-order valence-corrected chi connectivity index (χ2v) is 4.92. The van der Waals surface area contributed by atoms with Gasteiger partial charge in [-0.15, -0.1) is 0 Å². The largest absolute Gasteiger partial charge is 0.328 e. The fourth-order valence-electron chi connectivity index (χ4n) is 2.63. The topological polar surface area (TPSA) is 0 Å². The van der Waals surface area contributed by atoms with E-state index in [0.29, 0.717) is 0 Å². The number of hydrogen-bond acceptors (Lipinski definition) is 0. The third kappa shape index (κ3) is 2.48. The summed E-state index contributed by atoms with van der Waals surface area (Å²) >= 11 is 0. The van der Waals surface area contributed by atoms with E-state index in [1.807, 2.05) is 0 Å². The third-order valence-electron chi connectivity index (χ3n) is 2.87. The fraction of sp³-hybridized carbons (Fsp3) is 1.00. The second kappa shape index (κ2) is 3.14. The zero-order chi connectivity index (χ0) is 8.48. The van der Waals surface area contributed by atoms with E-state index >= 15 is 0 Å². The normalized spacial score (nSPS) is 37.1. The van der Waals surface area contributed by atoms with Crippen molar-refractivity contribution in [3.63, 3.8) is 0 Å². The Morgan fingerprint density at radius 3 is 2.36 bits per heavy atom. The molecule has 66 valence electrons. The van der Waals surface area contributed by atoms with Gasteiger partial charge in [-0.25, -0.2) is 0 Å². The molecule has 1 aliphatic heterocycles. The van der Waals surface area contributed by atoms with Crippen LogP contribution in [0.5, 0.6) is 0 Å². The highest BCUT2D eigenvalue weighted by Crippen LogP contribution is 2.26. The quantitative estimate of drug-likeness (QED) is 0.510. The van der Waals surface area contributed by atoms with E-state index in [4.69, 9.17) is 0 Å². The minimum absolute atomic E-state index is 0.934. The van der Waals surface area contributed by atoms with Crippen LogP contribution >= 0.6 is 0 Å². The summed E-state index contributed by atoms with van der Waals surface area (Å²) < 4.78 is 1.24. The highest BCUT2D eigenvalue weighted by atomic mass is 15.3. The maximum absolute atomic E-state index is 2.39. The molecule has 1 rings (SSSR count). The zero-order valence-corrected chi connectivity index (χ0v) is 8.43. The summed E-state index contributed by atoms with van der Waals surface area (Å²) in [6.07, 6.45) is 2.82. The van der Waals surface area contributed by atoms with Gasteiger partial charge in [-0.1, -0.05) is 13.8 Å². The summed E-state index contributed by atoms with van der Waals surface area (Å²) in [5.41, 5.74) is 0. The van der Waals surface area contributed by atoms with Gasteiger partial charge in [-0.3, -0.25) is 0 Å². The minimum Gasteiger partial charge on any atom is -0.328 e. The van der Waals surface area contributed by atoms with Crippen molar-refractivity contribution >= 4 is 0 Å². The van der Waals surface area contributed by atoms with Crippen LogP contribution in [-0.4, -0.2) is 31.7 Å². The van der Waals surface area contributed by atoms with Gasteiger partial charge in [0.25, 0.3) is 0 Å². The highest BCUT2D eigenvalue weighted by Gasteiger charge is 2.30. The molecule has 1 fully saturated rings. The van der Waals surface area contributed by atoms with Gasteiger partial charge in [-0.2, -0.15) is 0 Å². The van der Waals surface area contributed by atoms with Gasteiger partial charge in [0.15, 0.2) is 0 Å². The number of piperidine rings is 1. The summed E-state index contributed by atoms with van der Waals surface area (Å²) in [6, 6.07) is 0. The van der Waals surface area contributed by atoms with Crippen LogP contribution < -0.4 is 0 Å². The Hall–Kier alpha value is -0.0400. The van der Waals surface area contributed by atoms with E-state index in [-0.39, 0.29) is 0 Å². The summed E-state index contributed by atoms with van der Waals surface area (Å²) in [5, 5.41) is 0. The Morgan fingerprint density at radius 2 is 1.91 bits per heavy atom. The summed E-state index contributed by atoms with van der Waals surface area (Å²) in [4.78, 5) is 0. The first-order valence-electron chi connectivity index (χ1n) is 4.85. The first-order valence-corrected chi connectivity index (χ1v) is 4.85. The van der Waals surface area contributed by atoms with Gasteiger partial charge in [-0.05, 0) is 12.8 Å². The molecule has 0 spiro atoms. The van der Waals surface area contributed by atoms with Crippen LogP contribution in [0.3, 0.4) is 0 Å². The van der Waals surface area contributed by atoms with Gasteiger partial charge in [0.05, 0.1) is 27.2 Å². The molecule has 1 heterocycles. The predicted octanol–water partition coefficient (Wildman–Crippen LogP) is 2.13. The van der Waals surface area contributed by atoms with Gasteiger partial charge < -0.3 is 4.48 Å². The zero-order valence-electron chi connectivity index (χ0n) is 8.43. The molecule has 1 saturated heterocycles. The molecule has 0 amide bonds. The van der Waals surface area contributed by atoms with Gasteiger partial charge in [0.1, 0.15) is 0 Å². The molecule has 11 heavy (non-hydrogen) atoms. The first-order chi connectivity index (χ1) is 5.03. The molecule has 1 heteroatoms. The second-order valence-electron chi connectivity index (χ2n) is 4.92. The van der Waals surface area contributed by atoms with Crippen LogP contribution in [-0.2, 0) is 0 Å². The molecular formula is C10H22N+. The van der Waals surface area contributed by atoms with Gasteiger partial charge in [0, 0.05) is 11.8 Å². The standard InChI is InChI=1S/C10H22N/c1-5-10-6-9(2)7-11(3,4)8-10/h9-10H,5-8H2,1-4H3/q+1. The lowest BCUT2D eigenvalue weighted by Crippen LogP contribution is -2.50. The van der Waals surface area contributed by atoms with Gasteiger partial charge >= 0.3 is 0 Å². The Bertz CT molecular complexity index is 129. The summed E-state index contributed by atoms with van der Waals surface area (Å²) in [6.45, 7) is 7.47. The lowest BCUT2D eigenvalue weighted by Gasteiger charge is -2.40. The van der Waals surface area contributed by atoms with Crippen molar-refractivity contribution in [1.82, 2.24) is 0 Å². The lowest BCUT2D eigenvalue weighted by molar-refractivity contribution is -0.902. The SMILES string of the molecule is CCC1CC(C)C[N+](C)(C)C1. The molecule has 0 bridgehead atoms. The van der Waals surface area contributed by atoms with Crippen molar-refractivity contribution in [3.8, 4) is 0 Å². The van der Waals surface area contributed by atoms with Crippen LogP contribution in [0.1, 0.15) is 26.7 Å². The average Bonchev–Trinajstić information content (AvgIpc) is 1.83. The number of likely N-dealkylation sites (tertiary alicyclic amines) is 1. The molecule has 1 nitrogen and oxygen atoms in total. The third-order valence-corrected chi connectivity index (χ3v) is 2.87. The number of nitrogens with zero attached hydrogens (tertiary/aromatic N) is 1. The summed E-state index contributed by atoms with van der Waals surface area (Å²) in [7, 11) is 4.72. The van der Waals surface area contributed by atoms with Crippen molar-refractivity contribution in [2.75, 3.05) is 27.2 Å². The Balaban J connectivity index is 2.51. The lowest BCUT2D eigenvalue weighted by atomic mass is 9.88. The number of rotatable bonds is 1. The number of hydrogen-bond donors (Lipinski definition) is 0. The first kappa shape index (κ1) is 9.05.